The van der Waals surface area contributed by atoms with Gasteiger partial charge in [0, 0.05) is 12.7 Å². The third-order valence-corrected chi connectivity index (χ3v) is 6.46. The first-order chi connectivity index (χ1) is 13.9. The number of pyridine rings is 1. The van der Waals surface area contributed by atoms with Crippen molar-refractivity contribution in [3.63, 3.8) is 0 Å². The van der Waals surface area contributed by atoms with Gasteiger partial charge in [-0.2, -0.15) is 13.2 Å². The molecular formula is C19H24F3N5O2S. The van der Waals surface area contributed by atoms with Gasteiger partial charge in [-0.3, -0.25) is 10.3 Å². The molecule has 1 saturated heterocycles. The van der Waals surface area contributed by atoms with Gasteiger partial charge in [-0.15, -0.1) is 0 Å². The van der Waals surface area contributed by atoms with Gasteiger partial charge in [-0.25, -0.2) is 9.78 Å². The Bertz CT molecular complexity index is 929. The van der Waals surface area contributed by atoms with Crippen LogP contribution in [0.5, 0.6) is 0 Å². The number of anilines is 1. The number of aliphatic hydroxyl groups is 1. The van der Waals surface area contributed by atoms with E-state index < -0.39 is 29.9 Å². The van der Waals surface area contributed by atoms with Crippen molar-refractivity contribution in [2.75, 3.05) is 11.9 Å². The van der Waals surface area contributed by atoms with Gasteiger partial charge in [0.25, 0.3) is 0 Å². The minimum atomic E-state index is -4.44. The number of carbonyl (C=O) groups excluding carboxylic acids is 1. The van der Waals surface area contributed by atoms with Crippen LogP contribution in [0, 0.1) is 6.92 Å². The number of aromatic nitrogens is 2. The standard InChI is InChI=1S/C19H24F3N5O2S/c1-10-14(11-6-7-24-13(9-11)18(2,3)19(20,21)22)30-16(25-10)26-17(29)27-8-4-5-12(27)15(23)28/h6-7,9,12,15,28H,4-5,8,23H2,1-3H3,(H,25,26,29). The smallest absolute Gasteiger partial charge is 0.377 e. The van der Waals surface area contributed by atoms with Crippen molar-refractivity contribution >= 4 is 22.5 Å². The fourth-order valence-corrected chi connectivity index (χ4v) is 4.29. The monoisotopic (exact) mass is 443 g/mol. The molecule has 30 heavy (non-hydrogen) atoms. The van der Waals surface area contributed by atoms with Gasteiger partial charge in [-0.1, -0.05) is 11.3 Å². The van der Waals surface area contributed by atoms with Crippen molar-refractivity contribution < 1.29 is 23.1 Å². The van der Waals surface area contributed by atoms with E-state index in [-0.39, 0.29) is 5.69 Å². The summed E-state index contributed by atoms with van der Waals surface area (Å²) in [7, 11) is 0. The SMILES string of the molecule is Cc1nc(NC(=O)N2CCCC2C(N)O)sc1-c1ccnc(C(C)(C)C(F)(F)F)c1. The molecule has 1 fully saturated rings. The molecule has 2 amide bonds. The zero-order valence-corrected chi connectivity index (χ0v) is 17.6. The number of likely N-dealkylation sites (tertiary alicyclic amines) is 1. The van der Waals surface area contributed by atoms with E-state index in [1.165, 1.54) is 17.2 Å². The topological polar surface area (TPSA) is 104 Å². The van der Waals surface area contributed by atoms with Gasteiger partial charge < -0.3 is 15.7 Å². The number of alkyl halides is 3. The number of nitrogens with two attached hydrogens (primary N) is 1. The molecule has 11 heteroatoms. The van der Waals surface area contributed by atoms with E-state index in [1.54, 1.807) is 13.0 Å². The van der Waals surface area contributed by atoms with Crippen molar-refractivity contribution in [2.24, 2.45) is 5.73 Å². The highest BCUT2D eigenvalue weighted by Gasteiger charge is 2.49. The van der Waals surface area contributed by atoms with Crippen LogP contribution in [0.4, 0.5) is 23.1 Å². The van der Waals surface area contributed by atoms with E-state index in [0.717, 1.165) is 31.6 Å². The number of nitrogens with zero attached hydrogens (tertiary/aromatic N) is 3. The normalized spacial score (nSPS) is 18.5. The molecule has 0 bridgehead atoms. The number of amides is 2. The first-order valence-corrected chi connectivity index (χ1v) is 10.3. The zero-order chi connectivity index (χ0) is 22.3. The van der Waals surface area contributed by atoms with Gasteiger partial charge in [0.2, 0.25) is 0 Å². The van der Waals surface area contributed by atoms with E-state index >= 15 is 0 Å². The summed E-state index contributed by atoms with van der Waals surface area (Å²) in [5, 5.41) is 12.7. The van der Waals surface area contributed by atoms with Crippen LogP contribution in [-0.2, 0) is 5.41 Å². The summed E-state index contributed by atoms with van der Waals surface area (Å²) in [5.74, 6) is 0. The molecule has 3 heterocycles. The van der Waals surface area contributed by atoms with Crippen LogP contribution in [0.3, 0.4) is 0 Å². The Balaban J connectivity index is 1.83. The second-order valence-corrected chi connectivity index (χ2v) is 8.81. The number of halogens is 3. The first-order valence-electron chi connectivity index (χ1n) is 9.44. The summed E-state index contributed by atoms with van der Waals surface area (Å²) in [6.07, 6.45) is -2.88. The maximum atomic E-state index is 13.4. The first kappa shape index (κ1) is 22.4. The summed E-state index contributed by atoms with van der Waals surface area (Å²) in [6.45, 7) is 4.37. The van der Waals surface area contributed by atoms with Crippen molar-refractivity contribution in [2.45, 2.75) is 57.5 Å². The quantitative estimate of drug-likeness (QED) is 0.626. The lowest BCUT2D eigenvalue weighted by Crippen LogP contribution is -2.48. The molecule has 2 atom stereocenters. The second-order valence-electron chi connectivity index (χ2n) is 7.81. The zero-order valence-electron chi connectivity index (χ0n) is 16.8. The van der Waals surface area contributed by atoms with Gasteiger partial charge in [0.05, 0.1) is 22.3 Å². The van der Waals surface area contributed by atoms with E-state index in [2.05, 4.69) is 15.3 Å². The molecular weight excluding hydrogens is 419 g/mol. The van der Waals surface area contributed by atoms with Crippen LogP contribution in [0.25, 0.3) is 10.4 Å². The van der Waals surface area contributed by atoms with Crippen molar-refractivity contribution in [3.05, 3.63) is 29.7 Å². The van der Waals surface area contributed by atoms with Crippen LogP contribution in [0.1, 0.15) is 38.1 Å². The average Bonchev–Trinajstić information content (AvgIpc) is 3.28. The van der Waals surface area contributed by atoms with Crippen molar-refractivity contribution in [1.29, 1.82) is 0 Å². The maximum Gasteiger partial charge on any atom is 0.399 e. The minimum Gasteiger partial charge on any atom is -0.377 e. The van der Waals surface area contributed by atoms with Crippen molar-refractivity contribution in [3.8, 4) is 10.4 Å². The molecule has 4 N–H and O–H groups in total. The lowest BCUT2D eigenvalue weighted by atomic mass is 9.87. The van der Waals surface area contributed by atoms with Crippen LogP contribution >= 0.6 is 11.3 Å². The Morgan fingerprint density at radius 1 is 1.43 bits per heavy atom. The van der Waals surface area contributed by atoms with Crippen LogP contribution in [-0.4, -0.2) is 51.0 Å². The number of carbonyl (C=O) groups is 1. The predicted molar refractivity (Wildman–Crippen MR) is 108 cm³/mol. The Morgan fingerprint density at radius 3 is 2.77 bits per heavy atom. The van der Waals surface area contributed by atoms with Crippen LogP contribution < -0.4 is 11.1 Å². The number of nitrogens with one attached hydrogen (secondary N) is 1. The molecule has 2 aromatic heterocycles. The molecule has 1 aliphatic heterocycles. The number of rotatable bonds is 4. The Hall–Kier alpha value is -2.24. The molecule has 3 rings (SSSR count). The fourth-order valence-electron chi connectivity index (χ4n) is 3.34. The second kappa shape index (κ2) is 8.12. The maximum absolute atomic E-state index is 13.4. The highest BCUT2D eigenvalue weighted by Crippen LogP contribution is 2.41. The lowest BCUT2D eigenvalue weighted by molar-refractivity contribution is -0.181. The molecule has 2 unspecified atom stereocenters. The van der Waals surface area contributed by atoms with E-state index in [9.17, 15) is 23.1 Å². The molecule has 164 valence electrons. The van der Waals surface area contributed by atoms with E-state index in [1.807, 2.05) is 0 Å². The van der Waals surface area contributed by atoms with E-state index in [0.29, 0.717) is 34.2 Å². The number of hydrogen-bond acceptors (Lipinski definition) is 6. The summed E-state index contributed by atoms with van der Waals surface area (Å²) in [5.41, 5.74) is 4.46. The summed E-state index contributed by atoms with van der Waals surface area (Å²) in [4.78, 5) is 22.9. The molecule has 2 aromatic rings. The average molecular weight is 443 g/mol. The Labute approximate surface area is 176 Å². The lowest BCUT2D eigenvalue weighted by Gasteiger charge is -2.27. The minimum absolute atomic E-state index is 0.0947. The summed E-state index contributed by atoms with van der Waals surface area (Å²) < 4.78 is 40.2. The van der Waals surface area contributed by atoms with Crippen LogP contribution in [0.15, 0.2) is 18.3 Å². The summed E-state index contributed by atoms with van der Waals surface area (Å²) in [6, 6.07) is 2.14. The molecule has 1 aliphatic rings. The fraction of sp³-hybridized carbons (Fsp3) is 0.526. The third-order valence-electron chi connectivity index (χ3n) is 5.34. The predicted octanol–water partition coefficient (Wildman–Crippen LogP) is 3.63. The van der Waals surface area contributed by atoms with Crippen LogP contribution in [0.2, 0.25) is 0 Å². The molecule has 0 aromatic carbocycles. The molecule has 0 radical (unpaired) electrons. The number of aliphatic hydroxyl groups excluding tert-OH is 1. The van der Waals surface area contributed by atoms with Gasteiger partial charge in [0.1, 0.15) is 11.6 Å². The largest absolute Gasteiger partial charge is 0.399 e. The third kappa shape index (κ3) is 4.28. The molecule has 0 spiro atoms. The Morgan fingerprint density at radius 2 is 2.13 bits per heavy atom. The molecule has 7 nitrogen and oxygen atoms in total. The van der Waals surface area contributed by atoms with Gasteiger partial charge in [0.15, 0.2) is 5.13 Å². The highest BCUT2D eigenvalue weighted by molar-refractivity contribution is 7.19. The Kier molecular flexibility index (Phi) is 6.08. The van der Waals surface area contributed by atoms with Gasteiger partial charge >= 0.3 is 12.2 Å². The number of hydrogen-bond donors (Lipinski definition) is 3. The number of aryl methyl sites for hydroxylation is 1. The summed E-state index contributed by atoms with van der Waals surface area (Å²) >= 11 is 1.16. The van der Waals surface area contributed by atoms with Crippen molar-refractivity contribution in [1.82, 2.24) is 14.9 Å². The van der Waals surface area contributed by atoms with Gasteiger partial charge in [-0.05, 0) is 51.3 Å². The number of urea groups is 1. The molecule has 0 aliphatic carbocycles. The highest BCUT2D eigenvalue weighted by atomic mass is 32.1. The molecule has 0 saturated carbocycles. The number of thiazole rings is 1. The van der Waals surface area contributed by atoms with E-state index in [4.69, 9.17) is 5.73 Å².